The number of likely N-dealkylation sites (N-methyl/N-ethyl adjacent to an activating group) is 1. The van der Waals surface area contributed by atoms with E-state index in [1.54, 1.807) is 31.4 Å². The SMILES string of the molecule is COc1cccc(C2/C(=C(\O)c3cc(C)cc(C)c3OC)C(=O)C(=O)N2CCN(C)C)c1. The van der Waals surface area contributed by atoms with Crippen LogP contribution >= 0.6 is 0 Å². The molecule has 1 unspecified atom stereocenters. The average Bonchev–Trinajstić information content (AvgIpc) is 3.01. The predicted octanol–water partition coefficient (Wildman–Crippen LogP) is 3.30. The summed E-state index contributed by atoms with van der Waals surface area (Å²) >= 11 is 0. The number of hydrogen-bond donors (Lipinski definition) is 1. The van der Waals surface area contributed by atoms with Crippen LogP contribution < -0.4 is 9.47 Å². The summed E-state index contributed by atoms with van der Waals surface area (Å²) in [7, 11) is 6.88. The van der Waals surface area contributed by atoms with Crippen LogP contribution in [0.25, 0.3) is 5.76 Å². The lowest BCUT2D eigenvalue weighted by atomic mass is 9.93. The Kier molecular flexibility index (Phi) is 6.89. The van der Waals surface area contributed by atoms with Gasteiger partial charge < -0.3 is 24.4 Å². The number of nitrogens with zero attached hydrogens (tertiary/aromatic N) is 2. The van der Waals surface area contributed by atoms with E-state index in [0.29, 0.717) is 35.7 Å². The van der Waals surface area contributed by atoms with Gasteiger partial charge in [0.2, 0.25) is 0 Å². The number of amides is 1. The first-order valence-electron chi connectivity index (χ1n) is 10.4. The zero-order valence-electron chi connectivity index (χ0n) is 19.4. The number of aryl methyl sites for hydroxylation is 2. The van der Waals surface area contributed by atoms with E-state index in [0.717, 1.165) is 11.1 Å². The average molecular weight is 439 g/mol. The fourth-order valence-corrected chi connectivity index (χ4v) is 4.12. The molecule has 1 N–H and O–H groups in total. The summed E-state index contributed by atoms with van der Waals surface area (Å²) in [6, 6.07) is 10.2. The van der Waals surface area contributed by atoms with Crippen molar-refractivity contribution < 1.29 is 24.2 Å². The number of benzene rings is 2. The Balaban J connectivity index is 2.25. The molecular formula is C25H30N2O5. The van der Waals surface area contributed by atoms with E-state index in [2.05, 4.69) is 0 Å². The van der Waals surface area contributed by atoms with Crippen LogP contribution in [-0.2, 0) is 9.59 Å². The van der Waals surface area contributed by atoms with E-state index in [1.807, 2.05) is 45.0 Å². The Morgan fingerprint density at radius 3 is 2.44 bits per heavy atom. The molecule has 2 aromatic carbocycles. The predicted molar refractivity (Wildman–Crippen MR) is 123 cm³/mol. The van der Waals surface area contributed by atoms with Crippen molar-refractivity contribution in [3.8, 4) is 11.5 Å². The number of hydrogen-bond acceptors (Lipinski definition) is 6. The van der Waals surface area contributed by atoms with Crippen molar-refractivity contribution in [3.63, 3.8) is 0 Å². The van der Waals surface area contributed by atoms with Crippen LogP contribution in [0.4, 0.5) is 0 Å². The first-order chi connectivity index (χ1) is 15.2. The Morgan fingerprint density at radius 1 is 1.09 bits per heavy atom. The highest BCUT2D eigenvalue weighted by Crippen LogP contribution is 2.42. The topological polar surface area (TPSA) is 79.3 Å². The molecule has 1 fully saturated rings. The van der Waals surface area contributed by atoms with Crippen LogP contribution in [0.3, 0.4) is 0 Å². The second-order valence-corrected chi connectivity index (χ2v) is 8.24. The van der Waals surface area contributed by atoms with Gasteiger partial charge in [-0.1, -0.05) is 18.2 Å². The molecule has 1 amide bonds. The summed E-state index contributed by atoms with van der Waals surface area (Å²) in [5.41, 5.74) is 2.86. The van der Waals surface area contributed by atoms with E-state index < -0.39 is 17.7 Å². The molecule has 0 spiro atoms. The standard InChI is InChI=1S/C25H30N2O5/c1-15-12-16(2)24(32-6)19(13-15)22(28)20-21(17-8-7-9-18(14-17)31-5)27(11-10-26(3)4)25(30)23(20)29/h7-9,12-14,21,28H,10-11H2,1-6H3/b22-20+. The fraction of sp³-hybridized carbons (Fsp3) is 0.360. The number of carbonyl (C=O) groups is 2. The molecule has 1 aliphatic rings. The van der Waals surface area contributed by atoms with Gasteiger partial charge in [-0.3, -0.25) is 9.59 Å². The number of ketones is 1. The summed E-state index contributed by atoms with van der Waals surface area (Å²) < 4.78 is 10.9. The molecule has 0 saturated carbocycles. The molecular weight excluding hydrogens is 408 g/mol. The molecule has 1 heterocycles. The number of carbonyl (C=O) groups excluding carboxylic acids is 2. The summed E-state index contributed by atoms with van der Waals surface area (Å²) in [4.78, 5) is 29.7. The third-order valence-corrected chi connectivity index (χ3v) is 5.62. The maximum Gasteiger partial charge on any atom is 0.295 e. The molecule has 1 atom stereocenters. The number of methoxy groups -OCH3 is 2. The molecule has 0 bridgehead atoms. The van der Waals surface area contributed by atoms with Crippen LogP contribution in [0.5, 0.6) is 11.5 Å². The molecule has 170 valence electrons. The van der Waals surface area contributed by atoms with Gasteiger partial charge in [-0.15, -0.1) is 0 Å². The zero-order chi connectivity index (χ0) is 23.6. The van der Waals surface area contributed by atoms with Crippen LogP contribution in [0, 0.1) is 13.8 Å². The smallest absolute Gasteiger partial charge is 0.295 e. The second-order valence-electron chi connectivity index (χ2n) is 8.24. The number of rotatable bonds is 7. The van der Waals surface area contributed by atoms with Crippen LogP contribution in [0.1, 0.15) is 28.3 Å². The van der Waals surface area contributed by atoms with Crippen LogP contribution in [-0.4, -0.2) is 68.0 Å². The van der Waals surface area contributed by atoms with Crippen LogP contribution in [0.2, 0.25) is 0 Å². The lowest BCUT2D eigenvalue weighted by Crippen LogP contribution is -2.35. The normalized spacial score (nSPS) is 17.8. The van der Waals surface area contributed by atoms with Gasteiger partial charge in [0.15, 0.2) is 0 Å². The highest BCUT2D eigenvalue weighted by Gasteiger charge is 2.46. The highest BCUT2D eigenvalue weighted by molar-refractivity contribution is 6.46. The number of Topliss-reactive ketones (excluding diaryl/α,β-unsaturated/α-hetero) is 1. The number of aliphatic hydroxyl groups excluding tert-OH is 1. The summed E-state index contributed by atoms with van der Waals surface area (Å²) in [5, 5.41) is 11.4. The minimum atomic E-state index is -0.740. The molecule has 0 aliphatic carbocycles. The molecule has 2 aromatic rings. The third kappa shape index (κ3) is 4.34. The van der Waals surface area contributed by atoms with Crippen molar-refractivity contribution in [2.24, 2.45) is 0 Å². The molecule has 1 saturated heterocycles. The zero-order valence-corrected chi connectivity index (χ0v) is 19.4. The van der Waals surface area contributed by atoms with E-state index in [-0.39, 0.29) is 11.3 Å². The number of ether oxygens (including phenoxy) is 2. The second kappa shape index (κ2) is 9.44. The molecule has 32 heavy (non-hydrogen) atoms. The van der Waals surface area contributed by atoms with E-state index in [4.69, 9.17) is 9.47 Å². The fourth-order valence-electron chi connectivity index (χ4n) is 4.12. The molecule has 7 heteroatoms. The lowest BCUT2D eigenvalue weighted by molar-refractivity contribution is -0.140. The molecule has 7 nitrogen and oxygen atoms in total. The van der Waals surface area contributed by atoms with Gasteiger partial charge in [0.1, 0.15) is 17.3 Å². The molecule has 0 radical (unpaired) electrons. The quantitative estimate of drug-likeness (QED) is 0.406. The monoisotopic (exact) mass is 438 g/mol. The van der Waals surface area contributed by atoms with Gasteiger partial charge in [-0.2, -0.15) is 0 Å². The minimum absolute atomic E-state index is 0.0466. The minimum Gasteiger partial charge on any atom is -0.507 e. The van der Waals surface area contributed by atoms with E-state index in [9.17, 15) is 14.7 Å². The highest BCUT2D eigenvalue weighted by atomic mass is 16.5. The van der Waals surface area contributed by atoms with Crippen molar-refractivity contribution in [2.75, 3.05) is 41.4 Å². The molecule has 3 rings (SSSR count). The summed E-state index contributed by atoms with van der Waals surface area (Å²) in [6.45, 7) is 4.68. The Bertz CT molecular complexity index is 1070. The van der Waals surface area contributed by atoms with Crippen molar-refractivity contribution in [1.29, 1.82) is 0 Å². The first kappa shape index (κ1) is 23.3. The number of likely N-dealkylation sites (tertiary alicyclic amines) is 1. The summed E-state index contributed by atoms with van der Waals surface area (Å²) in [6.07, 6.45) is 0. The van der Waals surface area contributed by atoms with Crippen LogP contribution in [0.15, 0.2) is 42.0 Å². The van der Waals surface area contributed by atoms with Crippen molar-refractivity contribution >= 4 is 17.4 Å². The molecule has 1 aliphatic heterocycles. The largest absolute Gasteiger partial charge is 0.507 e. The van der Waals surface area contributed by atoms with Crippen molar-refractivity contribution in [3.05, 3.63) is 64.2 Å². The van der Waals surface area contributed by atoms with Gasteiger partial charge >= 0.3 is 0 Å². The number of aliphatic hydroxyl groups is 1. The molecule has 0 aromatic heterocycles. The lowest BCUT2D eigenvalue weighted by Gasteiger charge is -2.27. The van der Waals surface area contributed by atoms with Gasteiger partial charge in [0, 0.05) is 13.1 Å². The van der Waals surface area contributed by atoms with Gasteiger partial charge in [-0.25, -0.2) is 0 Å². The van der Waals surface area contributed by atoms with Crippen molar-refractivity contribution in [1.82, 2.24) is 9.80 Å². The Morgan fingerprint density at radius 2 is 1.81 bits per heavy atom. The first-order valence-corrected chi connectivity index (χ1v) is 10.4. The van der Waals surface area contributed by atoms with Gasteiger partial charge in [-0.05, 0) is 62.8 Å². The third-order valence-electron chi connectivity index (χ3n) is 5.62. The maximum atomic E-state index is 13.2. The van der Waals surface area contributed by atoms with E-state index >= 15 is 0 Å². The maximum absolute atomic E-state index is 13.2. The Hall–Kier alpha value is -3.32. The summed E-state index contributed by atoms with van der Waals surface area (Å²) in [5.74, 6) is -0.520. The van der Waals surface area contributed by atoms with Gasteiger partial charge in [0.25, 0.3) is 11.7 Å². The van der Waals surface area contributed by atoms with Crippen molar-refractivity contribution in [2.45, 2.75) is 19.9 Å². The Labute approximate surface area is 188 Å². The van der Waals surface area contributed by atoms with E-state index in [1.165, 1.54) is 12.0 Å². The van der Waals surface area contributed by atoms with Gasteiger partial charge in [0.05, 0.1) is 31.4 Å².